The molecule has 29 heavy (non-hydrogen) atoms. The van der Waals surface area contributed by atoms with E-state index in [0.29, 0.717) is 19.3 Å². The van der Waals surface area contributed by atoms with Crippen LogP contribution in [0.15, 0.2) is 18.2 Å². The van der Waals surface area contributed by atoms with E-state index in [2.05, 4.69) is 0 Å². The van der Waals surface area contributed by atoms with Crippen LogP contribution in [0.25, 0.3) is 0 Å². The highest BCUT2D eigenvalue weighted by molar-refractivity contribution is 6.02. The number of carbonyl (C=O) groups excluding carboxylic acids is 1. The van der Waals surface area contributed by atoms with Crippen molar-refractivity contribution in [3.05, 3.63) is 23.8 Å². The molecule has 0 bridgehead atoms. The second kappa shape index (κ2) is 7.27. The van der Waals surface area contributed by atoms with Gasteiger partial charge in [0.1, 0.15) is 11.5 Å². The zero-order valence-corrected chi connectivity index (χ0v) is 16.8. The summed E-state index contributed by atoms with van der Waals surface area (Å²) in [4.78, 5) is 24.9. The second-order valence-electron chi connectivity index (χ2n) is 8.86. The van der Waals surface area contributed by atoms with E-state index in [1.807, 2.05) is 0 Å². The molecular weight excluding hydrogens is 380 g/mol. The molecule has 160 valence electrons. The largest absolute Gasteiger partial charge is 0.508 e. The van der Waals surface area contributed by atoms with Gasteiger partial charge in [-0.3, -0.25) is 4.79 Å². The predicted octanol–water partition coefficient (Wildman–Crippen LogP) is 2.38. The van der Waals surface area contributed by atoms with Crippen molar-refractivity contribution in [3.63, 3.8) is 0 Å². The van der Waals surface area contributed by atoms with Gasteiger partial charge in [-0.25, -0.2) is 4.79 Å². The fourth-order valence-electron chi connectivity index (χ4n) is 4.31. The van der Waals surface area contributed by atoms with E-state index in [0.717, 1.165) is 6.07 Å². The second-order valence-corrected chi connectivity index (χ2v) is 8.86. The van der Waals surface area contributed by atoms with Gasteiger partial charge in [-0.15, -0.1) is 0 Å². The smallest absolute Gasteiger partial charge is 0.336 e. The highest BCUT2D eigenvalue weighted by Gasteiger charge is 2.57. The number of carboxylic acids is 1. The van der Waals surface area contributed by atoms with Gasteiger partial charge in [-0.05, 0) is 64.7 Å². The molecule has 0 aromatic heterocycles. The van der Waals surface area contributed by atoms with Crippen molar-refractivity contribution in [2.45, 2.75) is 81.9 Å². The molecule has 2 aliphatic heterocycles. The van der Waals surface area contributed by atoms with Crippen LogP contribution >= 0.6 is 0 Å². The zero-order chi connectivity index (χ0) is 21.6. The Morgan fingerprint density at radius 3 is 2.52 bits per heavy atom. The van der Waals surface area contributed by atoms with Gasteiger partial charge in [-0.1, -0.05) is 0 Å². The lowest BCUT2D eigenvalue weighted by Crippen LogP contribution is -2.63. The van der Waals surface area contributed by atoms with Crippen LogP contribution in [0, 0.1) is 0 Å². The Morgan fingerprint density at radius 1 is 1.21 bits per heavy atom. The minimum atomic E-state index is -1.76. The number of benzene rings is 1. The summed E-state index contributed by atoms with van der Waals surface area (Å²) < 4.78 is 12.1. The first-order chi connectivity index (χ1) is 13.4. The molecule has 2 fully saturated rings. The van der Waals surface area contributed by atoms with Crippen LogP contribution in [-0.2, 0) is 14.3 Å². The van der Waals surface area contributed by atoms with Crippen molar-refractivity contribution in [2.24, 2.45) is 0 Å². The number of carboxylic acid groups (broad SMARTS) is 1. The molecule has 2 heterocycles. The number of fused-ring (bicyclic) bond motifs is 1. The number of ketones is 1. The number of aromatic hydroxyl groups is 2. The van der Waals surface area contributed by atoms with Gasteiger partial charge in [0.05, 0.1) is 35.4 Å². The number of hydrogen-bond donors (Lipinski definition) is 4. The van der Waals surface area contributed by atoms with Gasteiger partial charge in [0.15, 0.2) is 11.4 Å². The number of ether oxygens (including phenoxy) is 2. The molecule has 1 aromatic rings. The summed E-state index contributed by atoms with van der Waals surface area (Å²) in [6.45, 7) is 5.11. The standard InChI is InChI=1S/C21H28O8/c1-19(2,27)16-6-8-20(3)17(28-16)7-9-21(29-20,18(25)26)11-15(24)13-10-12(22)4-5-14(13)23/h4-5,10,16-17,22-23,27H,6-9,11H2,1-3H3,(H,25,26)/t16-,17-,20-,21-/m1/s1. The van der Waals surface area contributed by atoms with Gasteiger partial charge in [-0.2, -0.15) is 0 Å². The molecule has 8 nitrogen and oxygen atoms in total. The van der Waals surface area contributed by atoms with Crippen molar-refractivity contribution < 1.29 is 39.5 Å². The monoisotopic (exact) mass is 408 g/mol. The maximum atomic E-state index is 12.8. The summed E-state index contributed by atoms with van der Waals surface area (Å²) in [6, 6.07) is 3.53. The summed E-state index contributed by atoms with van der Waals surface area (Å²) in [6.07, 6.45) is 0.120. The molecule has 0 amide bonds. The molecule has 4 N–H and O–H groups in total. The fourth-order valence-corrected chi connectivity index (χ4v) is 4.31. The summed E-state index contributed by atoms with van der Waals surface area (Å²) in [5.41, 5.74) is -3.85. The van der Waals surface area contributed by atoms with Crippen LogP contribution < -0.4 is 0 Å². The van der Waals surface area contributed by atoms with Gasteiger partial charge < -0.3 is 29.9 Å². The van der Waals surface area contributed by atoms with Crippen LogP contribution in [0.4, 0.5) is 0 Å². The first kappa shape index (κ1) is 21.5. The number of phenolic OH excluding ortho intramolecular Hbond substituents is 2. The zero-order valence-electron chi connectivity index (χ0n) is 16.8. The molecule has 0 spiro atoms. The van der Waals surface area contributed by atoms with Crippen LogP contribution in [-0.4, -0.2) is 61.2 Å². The number of aliphatic hydroxyl groups is 1. The van der Waals surface area contributed by atoms with E-state index in [1.54, 1.807) is 20.8 Å². The molecule has 0 aliphatic carbocycles. The third-order valence-electron chi connectivity index (χ3n) is 6.06. The summed E-state index contributed by atoms with van der Waals surface area (Å²) in [5, 5.41) is 39.7. The maximum Gasteiger partial charge on any atom is 0.336 e. The van der Waals surface area contributed by atoms with Crippen LogP contribution in [0.2, 0.25) is 0 Å². The first-order valence-corrected chi connectivity index (χ1v) is 9.73. The Hall–Kier alpha value is -2.16. The average molecular weight is 408 g/mol. The Bertz CT molecular complexity index is 813. The fraction of sp³-hybridized carbons (Fsp3) is 0.619. The highest BCUT2D eigenvalue weighted by atomic mass is 16.6. The number of Topliss-reactive ketones (excluding diaryl/α,β-unsaturated/α-hetero) is 1. The lowest BCUT2D eigenvalue weighted by Gasteiger charge is -2.53. The normalized spacial score (nSPS) is 32.4. The molecule has 0 radical (unpaired) electrons. The van der Waals surface area contributed by atoms with Gasteiger partial charge in [0.25, 0.3) is 0 Å². The SMILES string of the molecule is CC(C)(O)[C@H]1CC[C@@]2(C)O[C@](CC(=O)c3cc(O)ccc3O)(C(=O)O)CC[C@H]2O1. The van der Waals surface area contributed by atoms with E-state index in [9.17, 15) is 30.0 Å². The van der Waals surface area contributed by atoms with Crippen molar-refractivity contribution in [2.75, 3.05) is 0 Å². The topological polar surface area (TPSA) is 134 Å². The first-order valence-electron chi connectivity index (χ1n) is 9.73. The van der Waals surface area contributed by atoms with Crippen LogP contribution in [0.5, 0.6) is 11.5 Å². The summed E-state index contributed by atoms with van der Waals surface area (Å²) >= 11 is 0. The molecule has 2 aliphatic rings. The minimum Gasteiger partial charge on any atom is -0.508 e. The van der Waals surface area contributed by atoms with E-state index in [4.69, 9.17) is 9.47 Å². The molecule has 2 saturated heterocycles. The van der Waals surface area contributed by atoms with E-state index in [1.165, 1.54) is 12.1 Å². The number of hydrogen-bond acceptors (Lipinski definition) is 7. The molecule has 0 unspecified atom stereocenters. The Morgan fingerprint density at radius 2 is 1.90 bits per heavy atom. The highest BCUT2D eigenvalue weighted by Crippen LogP contribution is 2.46. The van der Waals surface area contributed by atoms with E-state index in [-0.39, 0.29) is 29.6 Å². The number of phenols is 2. The third-order valence-corrected chi connectivity index (χ3v) is 6.06. The number of rotatable bonds is 5. The quantitative estimate of drug-likeness (QED) is 0.431. The van der Waals surface area contributed by atoms with Gasteiger partial charge in [0.2, 0.25) is 0 Å². The van der Waals surface area contributed by atoms with Crippen LogP contribution in [0.3, 0.4) is 0 Å². The van der Waals surface area contributed by atoms with E-state index >= 15 is 0 Å². The van der Waals surface area contributed by atoms with Gasteiger partial charge >= 0.3 is 5.97 Å². The van der Waals surface area contributed by atoms with Crippen molar-refractivity contribution in [1.29, 1.82) is 0 Å². The molecular formula is C21H28O8. The predicted molar refractivity (Wildman–Crippen MR) is 102 cm³/mol. The lowest BCUT2D eigenvalue weighted by atomic mass is 9.76. The van der Waals surface area contributed by atoms with Crippen molar-refractivity contribution >= 4 is 11.8 Å². The summed E-state index contributed by atoms with van der Waals surface area (Å²) in [5.74, 6) is -2.42. The van der Waals surface area contributed by atoms with Crippen molar-refractivity contribution in [1.82, 2.24) is 0 Å². The molecule has 8 heteroatoms. The van der Waals surface area contributed by atoms with Gasteiger partial charge in [0, 0.05) is 0 Å². The average Bonchev–Trinajstić information content (AvgIpc) is 2.61. The lowest BCUT2D eigenvalue weighted by molar-refractivity contribution is -0.284. The Labute approximate surface area is 169 Å². The Balaban J connectivity index is 1.83. The number of carbonyl (C=O) groups is 2. The maximum absolute atomic E-state index is 12.8. The summed E-state index contributed by atoms with van der Waals surface area (Å²) in [7, 11) is 0. The van der Waals surface area contributed by atoms with E-state index < -0.39 is 41.1 Å². The third kappa shape index (κ3) is 4.10. The molecule has 0 saturated carbocycles. The molecule has 1 aromatic carbocycles. The number of aliphatic carboxylic acids is 1. The Kier molecular flexibility index (Phi) is 5.40. The van der Waals surface area contributed by atoms with Crippen molar-refractivity contribution in [3.8, 4) is 11.5 Å². The van der Waals surface area contributed by atoms with Crippen LogP contribution in [0.1, 0.15) is 63.2 Å². The minimum absolute atomic E-state index is 0.0481. The molecule has 4 atom stereocenters. The molecule has 3 rings (SSSR count).